The van der Waals surface area contributed by atoms with Crippen molar-refractivity contribution in [2.24, 2.45) is 5.41 Å². The molecule has 0 saturated heterocycles. The molecule has 1 aromatic rings. The van der Waals surface area contributed by atoms with Gasteiger partial charge in [0.25, 0.3) is 0 Å². The maximum Gasteiger partial charge on any atom is 0.0454 e. The van der Waals surface area contributed by atoms with Crippen LogP contribution in [0.25, 0.3) is 0 Å². The molecule has 0 aromatic heterocycles. The molecule has 1 aromatic carbocycles. The van der Waals surface area contributed by atoms with Crippen molar-refractivity contribution >= 4 is 11.6 Å². The standard InChI is InChI=1S/C13H20ClN/c1-5-13(2,3)12(15-4)10-8-6-7-9-11(10)14/h6-9,12,15H,5H2,1-4H3. The molecule has 1 N–H and O–H groups in total. The fourth-order valence-corrected chi connectivity index (χ4v) is 2.13. The molecule has 0 saturated carbocycles. The van der Waals surface area contributed by atoms with Crippen LogP contribution in [-0.4, -0.2) is 7.05 Å². The molecule has 0 amide bonds. The van der Waals surface area contributed by atoms with Gasteiger partial charge in [0.15, 0.2) is 0 Å². The number of halogens is 1. The van der Waals surface area contributed by atoms with E-state index in [9.17, 15) is 0 Å². The molecule has 1 rings (SSSR count). The monoisotopic (exact) mass is 225 g/mol. The summed E-state index contributed by atoms with van der Waals surface area (Å²) in [5, 5.41) is 4.21. The minimum Gasteiger partial charge on any atom is -0.313 e. The Hall–Kier alpha value is -0.530. The molecule has 0 fully saturated rings. The minimum atomic E-state index is 0.208. The molecule has 84 valence electrons. The quantitative estimate of drug-likeness (QED) is 0.816. The van der Waals surface area contributed by atoms with E-state index in [0.29, 0.717) is 6.04 Å². The van der Waals surface area contributed by atoms with E-state index in [2.05, 4.69) is 32.2 Å². The number of nitrogens with one attached hydrogen (secondary N) is 1. The Labute approximate surface area is 97.8 Å². The van der Waals surface area contributed by atoms with Crippen LogP contribution in [0.1, 0.15) is 38.8 Å². The summed E-state index contributed by atoms with van der Waals surface area (Å²) >= 11 is 6.22. The zero-order valence-electron chi connectivity index (χ0n) is 9.97. The topological polar surface area (TPSA) is 12.0 Å². The van der Waals surface area contributed by atoms with Gasteiger partial charge in [-0.1, -0.05) is 50.6 Å². The van der Waals surface area contributed by atoms with Crippen molar-refractivity contribution in [3.05, 3.63) is 34.9 Å². The lowest BCUT2D eigenvalue weighted by Crippen LogP contribution is -2.31. The predicted molar refractivity (Wildman–Crippen MR) is 67.3 cm³/mol. The first-order valence-corrected chi connectivity index (χ1v) is 5.82. The molecule has 0 radical (unpaired) electrons. The summed E-state index contributed by atoms with van der Waals surface area (Å²) in [5.41, 5.74) is 1.40. The first kappa shape index (κ1) is 12.5. The summed E-state index contributed by atoms with van der Waals surface area (Å²) in [4.78, 5) is 0. The third kappa shape index (κ3) is 2.73. The third-order valence-electron chi connectivity index (χ3n) is 3.20. The Balaban J connectivity index is 3.08. The van der Waals surface area contributed by atoms with Crippen LogP contribution in [-0.2, 0) is 0 Å². The Bertz CT molecular complexity index is 320. The van der Waals surface area contributed by atoms with Crippen molar-refractivity contribution in [3.8, 4) is 0 Å². The van der Waals surface area contributed by atoms with Gasteiger partial charge in [-0.3, -0.25) is 0 Å². The van der Waals surface area contributed by atoms with Crippen LogP contribution in [0.3, 0.4) is 0 Å². The third-order valence-corrected chi connectivity index (χ3v) is 3.54. The van der Waals surface area contributed by atoms with Crippen molar-refractivity contribution < 1.29 is 0 Å². The van der Waals surface area contributed by atoms with Gasteiger partial charge in [0.2, 0.25) is 0 Å². The summed E-state index contributed by atoms with van der Waals surface area (Å²) < 4.78 is 0. The molecule has 15 heavy (non-hydrogen) atoms. The second kappa shape index (κ2) is 5.00. The highest BCUT2D eigenvalue weighted by Crippen LogP contribution is 2.38. The van der Waals surface area contributed by atoms with E-state index in [1.54, 1.807) is 0 Å². The minimum absolute atomic E-state index is 0.208. The van der Waals surface area contributed by atoms with Crippen molar-refractivity contribution in [2.45, 2.75) is 33.2 Å². The lowest BCUT2D eigenvalue weighted by Gasteiger charge is -2.34. The maximum absolute atomic E-state index is 6.22. The Kier molecular flexibility index (Phi) is 4.18. The van der Waals surface area contributed by atoms with Crippen LogP contribution in [0.15, 0.2) is 24.3 Å². The lowest BCUT2D eigenvalue weighted by atomic mass is 9.78. The number of benzene rings is 1. The van der Waals surface area contributed by atoms with Crippen LogP contribution >= 0.6 is 11.6 Å². The summed E-state index contributed by atoms with van der Waals surface area (Å²) in [6.07, 6.45) is 1.11. The molecular weight excluding hydrogens is 206 g/mol. The molecule has 0 heterocycles. The highest BCUT2D eigenvalue weighted by atomic mass is 35.5. The van der Waals surface area contributed by atoms with Gasteiger partial charge in [-0.25, -0.2) is 0 Å². The molecule has 0 aliphatic heterocycles. The smallest absolute Gasteiger partial charge is 0.0454 e. The van der Waals surface area contributed by atoms with Crippen LogP contribution in [0.2, 0.25) is 5.02 Å². The maximum atomic E-state index is 6.22. The van der Waals surface area contributed by atoms with Crippen molar-refractivity contribution in [3.63, 3.8) is 0 Å². The lowest BCUT2D eigenvalue weighted by molar-refractivity contribution is 0.245. The van der Waals surface area contributed by atoms with E-state index >= 15 is 0 Å². The first-order valence-electron chi connectivity index (χ1n) is 5.44. The molecule has 1 atom stereocenters. The number of rotatable bonds is 4. The molecule has 0 bridgehead atoms. The first-order chi connectivity index (χ1) is 7.03. The zero-order chi connectivity index (χ0) is 11.5. The summed E-state index contributed by atoms with van der Waals surface area (Å²) in [6, 6.07) is 8.36. The van der Waals surface area contributed by atoms with E-state index in [0.717, 1.165) is 11.4 Å². The van der Waals surface area contributed by atoms with E-state index in [4.69, 9.17) is 11.6 Å². The second-order valence-electron chi connectivity index (χ2n) is 4.59. The van der Waals surface area contributed by atoms with Crippen LogP contribution < -0.4 is 5.32 Å². The normalized spacial score (nSPS) is 13.9. The van der Waals surface area contributed by atoms with Crippen LogP contribution in [0.5, 0.6) is 0 Å². The summed E-state index contributed by atoms with van der Waals surface area (Å²) in [7, 11) is 1.99. The van der Waals surface area contributed by atoms with E-state index < -0.39 is 0 Å². The van der Waals surface area contributed by atoms with Crippen molar-refractivity contribution in [2.75, 3.05) is 7.05 Å². The molecular formula is C13H20ClN. The van der Waals surface area contributed by atoms with Gasteiger partial charge in [-0.2, -0.15) is 0 Å². The summed E-state index contributed by atoms with van der Waals surface area (Å²) in [5.74, 6) is 0. The fraction of sp³-hybridized carbons (Fsp3) is 0.538. The van der Waals surface area contributed by atoms with Gasteiger partial charge in [-0.05, 0) is 30.5 Å². The van der Waals surface area contributed by atoms with Gasteiger partial charge >= 0.3 is 0 Å². The Morgan fingerprint density at radius 2 is 1.93 bits per heavy atom. The van der Waals surface area contributed by atoms with Gasteiger partial charge in [0.05, 0.1) is 0 Å². The Morgan fingerprint density at radius 1 is 1.33 bits per heavy atom. The van der Waals surface area contributed by atoms with Crippen LogP contribution in [0, 0.1) is 5.41 Å². The van der Waals surface area contributed by atoms with Crippen LogP contribution in [0.4, 0.5) is 0 Å². The molecule has 1 nitrogen and oxygen atoms in total. The highest BCUT2D eigenvalue weighted by molar-refractivity contribution is 6.31. The average molecular weight is 226 g/mol. The molecule has 0 aliphatic carbocycles. The number of hydrogen-bond acceptors (Lipinski definition) is 1. The Morgan fingerprint density at radius 3 is 2.40 bits per heavy atom. The van der Waals surface area contributed by atoms with E-state index in [-0.39, 0.29) is 5.41 Å². The van der Waals surface area contributed by atoms with Gasteiger partial charge < -0.3 is 5.32 Å². The van der Waals surface area contributed by atoms with E-state index in [1.807, 2.05) is 25.2 Å². The molecule has 0 spiro atoms. The fourth-order valence-electron chi connectivity index (χ4n) is 1.88. The number of hydrogen-bond donors (Lipinski definition) is 1. The largest absolute Gasteiger partial charge is 0.313 e. The molecule has 0 aliphatic rings. The van der Waals surface area contributed by atoms with Gasteiger partial charge in [0.1, 0.15) is 0 Å². The van der Waals surface area contributed by atoms with Crippen molar-refractivity contribution in [1.82, 2.24) is 5.32 Å². The average Bonchev–Trinajstić information content (AvgIpc) is 2.21. The molecule has 1 unspecified atom stereocenters. The van der Waals surface area contributed by atoms with E-state index in [1.165, 1.54) is 5.56 Å². The second-order valence-corrected chi connectivity index (χ2v) is 4.99. The SMILES string of the molecule is CCC(C)(C)C(NC)c1ccccc1Cl. The van der Waals surface area contributed by atoms with Crippen molar-refractivity contribution in [1.29, 1.82) is 0 Å². The van der Waals surface area contributed by atoms with Gasteiger partial charge in [0, 0.05) is 11.1 Å². The highest BCUT2D eigenvalue weighted by Gasteiger charge is 2.28. The summed E-state index contributed by atoms with van der Waals surface area (Å²) in [6.45, 7) is 6.73. The predicted octanol–water partition coefficient (Wildman–Crippen LogP) is 4.04. The molecule has 2 heteroatoms. The van der Waals surface area contributed by atoms with Gasteiger partial charge in [-0.15, -0.1) is 0 Å². The zero-order valence-corrected chi connectivity index (χ0v) is 10.7.